The van der Waals surface area contributed by atoms with Gasteiger partial charge in [-0.2, -0.15) is 12.6 Å². The van der Waals surface area contributed by atoms with Crippen LogP contribution in [0, 0.1) is 0 Å². The molecule has 0 spiro atoms. The van der Waals surface area contributed by atoms with Crippen molar-refractivity contribution in [3.63, 3.8) is 0 Å². The van der Waals surface area contributed by atoms with E-state index in [2.05, 4.69) is 23.3 Å². The minimum atomic E-state index is -1.59. The number of carboxylic acids is 1. The molecule has 0 saturated carbocycles. The molecule has 134 valence electrons. The Morgan fingerprint density at radius 2 is 1.70 bits per heavy atom. The zero-order chi connectivity index (χ0) is 17.7. The third kappa shape index (κ3) is 11.7. The summed E-state index contributed by atoms with van der Waals surface area (Å²) in [6, 6.07) is 0. The van der Waals surface area contributed by atoms with E-state index in [1.807, 2.05) is 0 Å². The van der Waals surface area contributed by atoms with Gasteiger partial charge in [0.1, 0.15) is 6.61 Å². The number of carbonyl (C=O) groups excluding carboxylic acids is 2. The summed E-state index contributed by atoms with van der Waals surface area (Å²) in [5.41, 5.74) is -1.59. The van der Waals surface area contributed by atoms with Crippen LogP contribution < -0.4 is 10.6 Å². The van der Waals surface area contributed by atoms with E-state index in [-0.39, 0.29) is 38.9 Å². The molecule has 10 heteroatoms. The molecule has 0 heterocycles. The number of hydrogen-bond acceptors (Lipinski definition) is 7. The molecule has 9 nitrogen and oxygen atoms in total. The standard InChI is InChI=1S/C13H24N2O7S/c1-13(2,11(17)18)22-12(19)15-3-5-20-6-7-21-9-10(16)14-4-8-23/h23H,3-9H2,1-2H3,(H,14,16)(H,15,19)(H,17,18). The number of thiol groups is 1. The molecule has 2 amide bonds. The summed E-state index contributed by atoms with van der Waals surface area (Å²) in [6.45, 7) is 3.86. The van der Waals surface area contributed by atoms with Gasteiger partial charge in [-0.05, 0) is 13.8 Å². The lowest BCUT2D eigenvalue weighted by Gasteiger charge is -2.20. The number of hydrogen-bond donors (Lipinski definition) is 4. The van der Waals surface area contributed by atoms with Gasteiger partial charge in [-0.1, -0.05) is 0 Å². The highest BCUT2D eigenvalue weighted by Gasteiger charge is 2.31. The topological polar surface area (TPSA) is 123 Å². The fourth-order valence-electron chi connectivity index (χ4n) is 1.17. The van der Waals surface area contributed by atoms with Crippen LogP contribution in [-0.2, 0) is 23.8 Å². The van der Waals surface area contributed by atoms with Crippen molar-refractivity contribution < 1.29 is 33.7 Å². The summed E-state index contributed by atoms with van der Waals surface area (Å²) in [5.74, 6) is -0.891. The molecule has 0 aliphatic heterocycles. The molecule has 0 radical (unpaired) electrons. The normalized spacial score (nSPS) is 10.9. The number of aliphatic carboxylic acids is 1. The number of rotatable bonds is 12. The highest BCUT2D eigenvalue weighted by molar-refractivity contribution is 7.80. The Morgan fingerprint density at radius 3 is 2.30 bits per heavy atom. The minimum Gasteiger partial charge on any atom is -0.478 e. The van der Waals surface area contributed by atoms with Crippen molar-refractivity contribution >= 4 is 30.6 Å². The Labute approximate surface area is 140 Å². The van der Waals surface area contributed by atoms with Crippen molar-refractivity contribution in [2.24, 2.45) is 0 Å². The van der Waals surface area contributed by atoms with Gasteiger partial charge in [0.2, 0.25) is 11.5 Å². The van der Waals surface area contributed by atoms with E-state index < -0.39 is 17.7 Å². The van der Waals surface area contributed by atoms with Crippen LogP contribution in [0.15, 0.2) is 0 Å². The van der Waals surface area contributed by atoms with Crippen molar-refractivity contribution in [3.8, 4) is 0 Å². The van der Waals surface area contributed by atoms with Crippen molar-refractivity contribution in [2.45, 2.75) is 19.4 Å². The van der Waals surface area contributed by atoms with Gasteiger partial charge in [0, 0.05) is 18.8 Å². The maximum absolute atomic E-state index is 11.3. The molecule has 0 aliphatic carbocycles. The molecule has 0 aliphatic rings. The van der Waals surface area contributed by atoms with Gasteiger partial charge >= 0.3 is 12.1 Å². The van der Waals surface area contributed by atoms with Crippen LogP contribution in [0.1, 0.15) is 13.8 Å². The first kappa shape index (κ1) is 21.5. The molecule has 0 fully saturated rings. The van der Waals surface area contributed by atoms with Crippen LogP contribution in [0.25, 0.3) is 0 Å². The van der Waals surface area contributed by atoms with E-state index in [1.54, 1.807) is 0 Å². The second kappa shape index (κ2) is 12.0. The molecule has 0 bridgehead atoms. The Kier molecular flexibility index (Phi) is 11.2. The average molecular weight is 352 g/mol. The molecule has 0 unspecified atom stereocenters. The third-order valence-electron chi connectivity index (χ3n) is 2.42. The summed E-state index contributed by atoms with van der Waals surface area (Å²) < 4.78 is 15.0. The highest BCUT2D eigenvalue weighted by Crippen LogP contribution is 2.08. The SMILES string of the molecule is CC(C)(OC(=O)NCCOCCOCC(=O)NCCS)C(=O)O. The molecule has 3 N–H and O–H groups in total. The molecular formula is C13H24N2O7S. The van der Waals surface area contributed by atoms with Crippen molar-refractivity contribution in [1.29, 1.82) is 0 Å². The summed E-state index contributed by atoms with van der Waals surface area (Å²) in [7, 11) is 0. The van der Waals surface area contributed by atoms with Gasteiger partial charge in [0.15, 0.2) is 0 Å². The number of ether oxygens (including phenoxy) is 3. The van der Waals surface area contributed by atoms with Gasteiger partial charge in [-0.25, -0.2) is 9.59 Å². The lowest BCUT2D eigenvalue weighted by molar-refractivity contribution is -0.154. The molecule has 0 rings (SSSR count). The number of alkyl carbamates (subject to hydrolysis) is 1. The first-order valence-corrected chi connectivity index (χ1v) is 7.66. The quantitative estimate of drug-likeness (QED) is 0.280. The molecule has 0 aromatic carbocycles. The molecule has 0 saturated heterocycles. The lowest BCUT2D eigenvalue weighted by Crippen LogP contribution is -2.41. The Hall–Kier alpha value is -1.52. The Bertz CT molecular complexity index is 391. The fraction of sp³-hybridized carbons (Fsp3) is 0.769. The summed E-state index contributed by atoms with van der Waals surface area (Å²) >= 11 is 3.96. The van der Waals surface area contributed by atoms with Crippen molar-refractivity contribution in [1.82, 2.24) is 10.6 Å². The zero-order valence-electron chi connectivity index (χ0n) is 13.3. The molecule has 0 aromatic heterocycles. The molecule has 23 heavy (non-hydrogen) atoms. The molecule has 0 aromatic rings. The smallest absolute Gasteiger partial charge is 0.408 e. The van der Waals surface area contributed by atoms with Gasteiger partial charge in [0.05, 0.1) is 19.8 Å². The third-order valence-corrected chi connectivity index (χ3v) is 2.64. The second-order valence-electron chi connectivity index (χ2n) is 4.87. The highest BCUT2D eigenvalue weighted by atomic mass is 32.1. The summed E-state index contributed by atoms with van der Waals surface area (Å²) in [4.78, 5) is 33.3. The predicted octanol–water partition coefficient (Wildman–Crippen LogP) is -0.345. The van der Waals surface area contributed by atoms with Gasteiger partial charge in [0.25, 0.3) is 0 Å². The Balaban J connectivity index is 3.51. The van der Waals surface area contributed by atoms with E-state index in [4.69, 9.17) is 19.3 Å². The van der Waals surface area contributed by atoms with Gasteiger partial charge in [-0.3, -0.25) is 4.79 Å². The summed E-state index contributed by atoms with van der Waals surface area (Å²) in [6.07, 6.45) is -0.835. The number of carbonyl (C=O) groups is 3. The van der Waals surface area contributed by atoms with E-state index in [1.165, 1.54) is 13.8 Å². The van der Waals surface area contributed by atoms with Gasteiger partial charge in [-0.15, -0.1) is 0 Å². The van der Waals surface area contributed by atoms with Crippen LogP contribution in [-0.4, -0.2) is 73.9 Å². The second-order valence-corrected chi connectivity index (χ2v) is 5.32. The maximum atomic E-state index is 11.3. The average Bonchev–Trinajstić information content (AvgIpc) is 2.47. The van der Waals surface area contributed by atoms with Crippen LogP contribution in [0.3, 0.4) is 0 Å². The van der Waals surface area contributed by atoms with Crippen LogP contribution in [0.5, 0.6) is 0 Å². The van der Waals surface area contributed by atoms with E-state index >= 15 is 0 Å². The largest absolute Gasteiger partial charge is 0.478 e. The van der Waals surface area contributed by atoms with Crippen LogP contribution >= 0.6 is 12.6 Å². The monoisotopic (exact) mass is 352 g/mol. The Morgan fingerprint density at radius 1 is 1.04 bits per heavy atom. The number of amides is 2. The van der Waals surface area contributed by atoms with E-state index in [9.17, 15) is 14.4 Å². The maximum Gasteiger partial charge on any atom is 0.408 e. The van der Waals surface area contributed by atoms with Crippen LogP contribution in [0.4, 0.5) is 4.79 Å². The molecule has 0 atom stereocenters. The van der Waals surface area contributed by atoms with Crippen molar-refractivity contribution in [2.75, 3.05) is 45.3 Å². The number of nitrogens with one attached hydrogen (secondary N) is 2. The predicted molar refractivity (Wildman–Crippen MR) is 84.7 cm³/mol. The van der Waals surface area contributed by atoms with E-state index in [0.717, 1.165) is 0 Å². The van der Waals surface area contributed by atoms with Crippen LogP contribution in [0.2, 0.25) is 0 Å². The first-order valence-electron chi connectivity index (χ1n) is 7.03. The number of carboxylic acid groups (broad SMARTS) is 1. The fourth-order valence-corrected chi connectivity index (χ4v) is 1.28. The minimum absolute atomic E-state index is 0.0496. The zero-order valence-corrected chi connectivity index (χ0v) is 14.2. The first-order chi connectivity index (χ1) is 10.8. The summed E-state index contributed by atoms with van der Waals surface area (Å²) in [5, 5.41) is 13.8. The van der Waals surface area contributed by atoms with Crippen molar-refractivity contribution in [3.05, 3.63) is 0 Å². The van der Waals surface area contributed by atoms with Gasteiger partial charge < -0.3 is 30.0 Å². The molecular weight excluding hydrogens is 328 g/mol. The lowest BCUT2D eigenvalue weighted by atomic mass is 10.1. The van der Waals surface area contributed by atoms with E-state index in [0.29, 0.717) is 12.3 Å².